The average molecular weight is 237 g/mol. The zero-order valence-electron chi connectivity index (χ0n) is 9.59. The molecule has 18 heavy (non-hydrogen) atoms. The first-order chi connectivity index (χ1) is 8.77. The van der Waals surface area contributed by atoms with Crippen LogP contribution in [0.25, 0.3) is 22.1 Å². The second kappa shape index (κ2) is 4.04. The van der Waals surface area contributed by atoms with E-state index in [2.05, 4.69) is 0 Å². The summed E-state index contributed by atoms with van der Waals surface area (Å²) in [7, 11) is 0. The molecule has 3 rings (SSSR count). The highest BCUT2D eigenvalue weighted by atomic mass is 16.4. The van der Waals surface area contributed by atoms with E-state index in [0.29, 0.717) is 16.8 Å². The van der Waals surface area contributed by atoms with Crippen molar-refractivity contribution in [2.75, 3.05) is 5.73 Å². The zero-order chi connectivity index (χ0) is 12.5. The van der Waals surface area contributed by atoms with Gasteiger partial charge in [0, 0.05) is 5.39 Å². The van der Waals surface area contributed by atoms with E-state index in [-0.39, 0.29) is 0 Å². The highest BCUT2D eigenvalue weighted by Gasteiger charge is 2.13. The molecule has 0 aliphatic carbocycles. The van der Waals surface area contributed by atoms with Crippen molar-refractivity contribution in [3.8, 4) is 11.1 Å². The monoisotopic (exact) mass is 237 g/mol. The summed E-state index contributed by atoms with van der Waals surface area (Å²) >= 11 is 0. The van der Waals surface area contributed by atoms with Gasteiger partial charge >= 0.3 is 5.63 Å². The molecule has 3 aromatic rings. The van der Waals surface area contributed by atoms with E-state index in [0.717, 1.165) is 10.9 Å². The first-order valence-electron chi connectivity index (χ1n) is 5.64. The lowest BCUT2D eigenvalue weighted by Gasteiger charge is -2.07. The van der Waals surface area contributed by atoms with E-state index in [1.54, 1.807) is 6.07 Å². The van der Waals surface area contributed by atoms with Gasteiger partial charge in [-0.2, -0.15) is 0 Å². The fourth-order valence-corrected chi connectivity index (χ4v) is 2.05. The molecule has 2 N–H and O–H groups in total. The number of fused-ring (bicyclic) bond motifs is 1. The summed E-state index contributed by atoms with van der Waals surface area (Å²) in [6, 6.07) is 16.6. The number of para-hydroxylation sites is 1. The maximum absolute atomic E-state index is 12.0. The first-order valence-corrected chi connectivity index (χ1v) is 5.64. The lowest BCUT2D eigenvalue weighted by molar-refractivity contribution is 0.564. The fraction of sp³-hybridized carbons (Fsp3) is 0. The van der Waals surface area contributed by atoms with Crippen molar-refractivity contribution >= 4 is 16.7 Å². The van der Waals surface area contributed by atoms with Crippen molar-refractivity contribution in [3.63, 3.8) is 0 Å². The molecule has 1 aromatic heterocycles. The molecule has 0 radical (unpaired) electrons. The summed E-state index contributed by atoms with van der Waals surface area (Å²) in [5.74, 6) is 0. The summed E-state index contributed by atoms with van der Waals surface area (Å²) in [4.78, 5) is 12.0. The van der Waals surface area contributed by atoms with Crippen molar-refractivity contribution < 1.29 is 4.42 Å². The molecule has 0 amide bonds. The molecule has 0 saturated heterocycles. The van der Waals surface area contributed by atoms with Crippen LogP contribution in [0.2, 0.25) is 0 Å². The quantitative estimate of drug-likeness (QED) is 0.662. The smallest absolute Gasteiger partial charge is 0.346 e. The van der Waals surface area contributed by atoms with Crippen LogP contribution in [0.5, 0.6) is 0 Å². The number of hydrogen-bond donors (Lipinski definition) is 1. The maximum atomic E-state index is 12.0. The number of rotatable bonds is 1. The molecule has 3 heteroatoms. The van der Waals surface area contributed by atoms with Gasteiger partial charge in [0.25, 0.3) is 0 Å². The Morgan fingerprint density at radius 3 is 2.33 bits per heavy atom. The van der Waals surface area contributed by atoms with Crippen molar-refractivity contribution in [1.82, 2.24) is 0 Å². The minimum absolute atomic E-state index is 0.405. The molecule has 0 aliphatic heterocycles. The molecule has 0 aliphatic rings. The number of nitrogen functional groups attached to an aromatic ring is 1. The molecule has 0 fully saturated rings. The van der Waals surface area contributed by atoms with Crippen LogP contribution in [-0.2, 0) is 0 Å². The lowest BCUT2D eigenvalue weighted by atomic mass is 10.0. The Morgan fingerprint density at radius 2 is 1.56 bits per heavy atom. The number of anilines is 1. The van der Waals surface area contributed by atoms with Gasteiger partial charge in [-0.15, -0.1) is 0 Å². The van der Waals surface area contributed by atoms with Crippen molar-refractivity contribution in [2.24, 2.45) is 0 Å². The molecule has 0 unspecified atom stereocenters. The molecule has 0 spiro atoms. The van der Waals surface area contributed by atoms with E-state index in [1.165, 1.54) is 0 Å². The van der Waals surface area contributed by atoms with Crippen LogP contribution < -0.4 is 11.4 Å². The Kier molecular flexibility index (Phi) is 2.38. The van der Waals surface area contributed by atoms with Gasteiger partial charge in [0.2, 0.25) is 0 Å². The van der Waals surface area contributed by atoms with Crippen LogP contribution in [0.1, 0.15) is 0 Å². The highest BCUT2D eigenvalue weighted by Crippen LogP contribution is 2.28. The molecule has 0 saturated carbocycles. The molecule has 88 valence electrons. The standard InChI is InChI=1S/C15H11NO2/c16-14-11-8-4-5-9-12(11)18-15(17)13(14)10-6-2-1-3-7-10/h1-9H,16H2. The van der Waals surface area contributed by atoms with Gasteiger partial charge < -0.3 is 10.2 Å². The van der Waals surface area contributed by atoms with Crippen molar-refractivity contribution in [2.45, 2.75) is 0 Å². The summed E-state index contributed by atoms with van der Waals surface area (Å²) < 4.78 is 5.29. The van der Waals surface area contributed by atoms with Gasteiger partial charge in [0.05, 0.1) is 11.3 Å². The minimum Gasteiger partial charge on any atom is -0.422 e. The van der Waals surface area contributed by atoms with E-state index in [9.17, 15) is 4.79 Å². The highest BCUT2D eigenvalue weighted by molar-refractivity contribution is 5.96. The summed E-state index contributed by atoms with van der Waals surface area (Å²) in [6.45, 7) is 0. The summed E-state index contributed by atoms with van der Waals surface area (Å²) in [6.07, 6.45) is 0. The van der Waals surface area contributed by atoms with Crippen LogP contribution in [0.3, 0.4) is 0 Å². The second-order valence-corrected chi connectivity index (χ2v) is 4.04. The fourth-order valence-electron chi connectivity index (χ4n) is 2.05. The molecular formula is C15H11NO2. The first kappa shape index (κ1) is 10.6. The Morgan fingerprint density at radius 1 is 0.889 bits per heavy atom. The molecule has 1 heterocycles. The third-order valence-electron chi connectivity index (χ3n) is 2.92. The predicted molar refractivity (Wildman–Crippen MR) is 72.3 cm³/mol. The molecular weight excluding hydrogens is 226 g/mol. The summed E-state index contributed by atoms with van der Waals surface area (Å²) in [5, 5.41) is 0.760. The van der Waals surface area contributed by atoms with E-state index in [4.69, 9.17) is 10.2 Å². The van der Waals surface area contributed by atoms with Gasteiger partial charge in [-0.05, 0) is 17.7 Å². The molecule has 3 nitrogen and oxygen atoms in total. The largest absolute Gasteiger partial charge is 0.422 e. The third-order valence-corrected chi connectivity index (χ3v) is 2.92. The topological polar surface area (TPSA) is 56.2 Å². The Labute approximate surface area is 103 Å². The Hall–Kier alpha value is -2.55. The van der Waals surface area contributed by atoms with Gasteiger partial charge in [0.15, 0.2) is 0 Å². The normalized spacial score (nSPS) is 10.7. The molecule has 2 aromatic carbocycles. The van der Waals surface area contributed by atoms with E-state index in [1.807, 2.05) is 48.5 Å². The van der Waals surface area contributed by atoms with E-state index < -0.39 is 5.63 Å². The van der Waals surface area contributed by atoms with Crippen LogP contribution in [-0.4, -0.2) is 0 Å². The van der Waals surface area contributed by atoms with Crippen molar-refractivity contribution in [1.29, 1.82) is 0 Å². The Bertz CT molecular complexity index is 760. The van der Waals surface area contributed by atoms with E-state index >= 15 is 0 Å². The van der Waals surface area contributed by atoms with Crippen LogP contribution in [0.4, 0.5) is 5.69 Å². The van der Waals surface area contributed by atoms with Crippen LogP contribution in [0.15, 0.2) is 63.8 Å². The van der Waals surface area contributed by atoms with Gasteiger partial charge in [0.1, 0.15) is 5.58 Å². The SMILES string of the molecule is Nc1c(-c2ccccc2)c(=O)oc2ccccc12. The average Bonchev–Trinajstić information content (AvgIpc) is 2.40. The molecule has 0 atom stereocenters. The Balaban J connectivity index is 2.41. The van der Waals surface area contributed by atoms with Gasteiger partial charge in [-0.25, -0.2) is 4.79 Å². The lowest BCUT2D eigenvalue weighted by Crippen LogP contribution is -2.07. The third kappa shape index (κ3) is 1.57. The van der Waals surface area contributed by atoms with Crippen molar-refractivity contribution in [3.05, 3.63) is 65.0 Å². The second-order valence-electron chi connectivity index (χ2n) is 4.04. The van der Waals surface area contributed by atoms with Crippen LogP contribution in [0, 0.1) is 0 Å². The maximum Gasteiger partial charge on any atom is 0.346 e. The van der Waals surface area contributed by atoms with Gasteiger partial charge in [-0.3, -0.25) is 0 Å². The number of hydrogen-bond acceptors (Lipinski definition) is 3. The summed E-state index contributed by atoms with van der Waals surface area (Å²) in [5.41, 5.74) is 7.86. The van der Waals surface area contributed by atoms with Crippen LogP contribution >= 0.6 is 0 Å². The number of nitrogens with two attached hydrogens (primary N) is 1. The van der Waals surface area contributed by atoms with Gasteiger partial charge in [-0.1, -0.05) is 42.5 Å². The molecule has 0 bridgehead atoms. The zero-order valence-corrected chi connectivity index (χ0v) is 9.59. The number of benzene rings is 2. The minimum atomic E-state index is -0.405. The predicted octanol–water partition coefficient (Wildman–Crippen LogP) is 3.04.